The highest BCUT2D eigenvalue weighted by Gasteiger charge is 2.21. The molecule has 0 saturated carbocycles. The van der Waals surface area contributed by atoms with E-state index in [1.807, 2.05) is 13.8 Å². The molecular weight excluding hydrogens is 520 g/mol. The van der Waals surface area contributed by atoms with Crippen LogP contribution in [0.4, 0.5) is 0 Å². The molecule has 0 aliphatic rings. The number of unbranched alkanes of at least 4 members (excludes halogenated alkanes) is 13. The largest absolute Gasteiger partial charge is 0.381 e. The Morgan fingerprint density at radius 2 is 1.11 bits per heavy atom. The zero-order chi connectivity index (χ0) is 28.3. The van der Waals surface area contributed by atoms with Crippen LogP contribution in [0.5, 0.6) is 0 Å². The third-order valence-corrected chi connectivity index (χ3v) is 9.01. The van der Waals surface area contributed by atoms with Crippen LogP contribution in [0.25, 0.3) is 0 Å². The summed E-state index contributed by atoms with van der Waals surface area (Å²) in [6.07, 6.45) is 19.7. The third-order valence-electron chi connectivity index (χ3n) is 6.33. The molecule has 1 N–H and O–H groups in total. The molecule has 0 saturated heterocycles. The van der Waals surface area contributed by atoms with Crippen molar-refractivity contribution in [3.05, 3.63) is 0 Å². The van der Waals surface area contributed by atoms with E-state index in [0.717, 1.165) is 30.2 Å². The summed E-state index contributed by atoms with van der Waals surface area (Å²) in [5.74, 6) is 0.102. The second-order valence-electron chi connectivity index (χ2n) is 11.3. The van der Waals surface area contributed by atoms with Crippen molar-refractivity contribution < 1.29 is 32.2 Å². The van der Waals surface area contributed by atoms with Gasteiger partial charge in [-0.1, -0.05) is 90.4 Å². The van der Waals surface area contributed by atoms with Gasteiger partial charge in [0.05, 0.1) is 47.6 Å². The lowest BCUT2D eigenvalue weighted by Gasteiger charge is -2.25. The molecule has 0 aromatic rings. The summed E-state index contributed by atoms with van der Waals surface area (Å²) in [6.45, 7) is 10.5. The summed E-state index contributed by atoms with van der Waals surface area (Å²) in [7, 11) is 3.42. The van der Waals surface area contributed by atoms with Gasteiger partial charge in [-0.05, 0) is 20.3 Å². The zero-order valence-corrected chi connectivity index (χ0v) is 27.8. The van der Waals surface area contributed by atoms with E-state index in [2.05, 4.69) is 28.1 Å². The topological polar surface area (TPSA) is 66.4 Å². The van der Waals surface area contributed by atoms with Gasteiger partial charge in [0.2, 0.25) is 0 Å². The summed E-state index contributed by atoms with van der Waals surface area (Å²) in [5.41, 5.74) is 0. The van der Waals surface area contributed by atoms with Crippen LogP contribution in [-0.2, 0) is 22.8 Å². The summed E-state index contributed by atoms with van der Waals surface area (Å²) < 4.78 is 29.5. The van der Waals surface area contributed by atoms with Crippen LogP contribution < -0.4 is 0 Å². The molecule has 230 valence electrons. The molecule has 0 bridgehead atoms. The van der Waals surface area contributed by atoms with Crippen LogP contribution in [0.1, 0.15) is 111 Å². The number of hydrogen-bond donors (Lipinski definition) is 1. The standard InChI is InChI=1S/C29H64NO6P2/c1-7-10-11-12-13-14-15-16-17-18-19-20-21-22-24-32-26-29(28-37(33-8-2)34-9-3)27-36-38(31)35-25-23-30(4,5)6/h29,31H,7-28H2,1-6H3/q+1. The van der Waals surface area contributed by atoms with Crippen molar-refractivity contribution in [2.45, 2.75) is 111 Å². The van der Waals surface area contributed by atoms with Crippen molar-refractivity contribution in [2.24, 2.45) is 5.92 Å². The summed E-state index contributed by atoms with van der Waals surface area (Å²) in [5, 5.41) is 0. The molecule has 38 heavy (non-hydrogen) atoms. The molecule has 2 atom stereocenters. The fourth-order valence-electron chi connectivity index (χ4n) is 4.04. The van der Waals surface area contributed by atoms with Gasteiger partial charge in [-0.25, -0.2) is 0 Å². The SMILES string of the molecule is CCCCCCCCCCCCCCCCOCC(COP(O)OCC[N+](C)(C)C)CP(OCC)OCC. The Morgan fingerprint density at radius 1 is 0.605 bits per heavy atom. The van der Waals surface area contributed by atoms with Crippen molar-refractivity contribution in [1.82, 2.24) is 0 Å². The molecule has 0 aromatic heterocycles. The molecule has 0 radical (unpaired) electrons. The fraction of sp³-hybridized carbons (Fsp3) is 1.00. The molecular formula is C29H64NO6P2+. The lowest BCUT2D eigenvalue weighted by molar-refractivity contribution is -0.870. The molecule has 0 amide bonds. The van der Waals surface area contributed by atoms with Crippen LogP contribution in [0.15, 0.2) is 0 Å². The Balaban J connectivity index is 4.01. The highest BCUT2D eigenvalue weighted by Crippen LogP contribution is 2.41. The van der Waals surface area contributed by atoms with E-state index in [4.69, 9.17) is 22.8 Å². The molecule has 0 rings (SSSR count). The first kappa shape index (κ1) is 38.6. The Kier molecular flexibility index (Phi) is 28.2. The van der Waals surface area contributed by atoms with Crippen LogP contribution in [0, 0.1) is 5.92 Å². The first-order chi connectivity index (χ1) is 18.3. The van der Waals surface area contributed by atoms with Crippen molar-refractivity contribution in [3.63, 3.8) is 0 Å². The molecule has 0 spiro atoms. The Morgan fingerprint density at radius 3 is 1.58 bits per heavy atom. The molecule has 0 aliphatic heterocycles. The molecule has 9 heteroatoms. The van der Waals surface area contributed by atoms with Gasteiger partial charge in [0, 0.05) is 18.7 Å². The highest BCUT2D eigenvalue weighted by molar-refractivity contribution is 7.47. The monoisotopic (exact) mass is 584 g/mol. The number of rotatable bonds is 30. The van der Waals surface area contributed by atoms with E-state index in [1.165, 1.54) is 83.5 Å². The maximum atomic E-state index is 10.2. The van der Waals surface area contributed by atoms with Gasteiger partial charge in [-0.15, -0.1) is 0 Å². The minimum absolute atomic E-state index is 0.102. The smallest absolute Gasteiger partial charge is 0.330 e. The van der Waals surface area contributed by atoms with Crippen molar-refractivity contribution >= 4 is 17.0 Å². The number of likely N-dealkylation sites (N-methyl/N-ethyl adjacent to an activating group) is 1. The molecule has 0 heterocycles. The lowest BCUT2D eigenvalue weighted by atomic mass is 10.0. The second kappa shape index (κ2) is 27.7. The number of quaternary nitrogens is 1. The lowest BCUT2D eigenvalue weighted by Crippen LogP contribution is -2.37. The Hall–Kier alpha value is 0.580. The predicted molar refractivity (Wildman–Crippen MR) is 164 cm³/mol. The normalized spacial score (nSPS) is 13.9. The maximum absolute atomic E-state index is 10.2. The quantitative estimate of drug-likeness (QED) is 0.0519. The second-order valence-corrected chi connectivity index (χ2v) is 13.8. The van der Waals surface area contributed by atoms with E-state index in [-0.39, 0.29) is 5.92 Å². The highest BCUT2D eigenvalue weighted by atomic mass is 31.2. The third kappa shape index (κ3) is 28.1. The first-order valence-electron chi connectivity index (χ1n) is 15.5. The minimum atomic E-state index is -1.89. The fourth-order valence-corrected chi connectivity index (χ4v) is 6.19. The van der Waals surface area contributed by atoms with Crippen LogP contribution in [-0.4, -0.2) is 82.9 Å². The zero-order valence-electron chi connectivity index (χ0n) is 26.0. The molecule has 0 fully saturated rings. The summed E-state index contributed by atoms with van der Waals surface area (Å²) in [4.78, 5) is 10.2. The summed E-state index contributed by atoms with van der Waals surface area (Å²) >= 11 is 0. The Labute approximate surface area is 239 Å². The average molecular weight is 585 g/mol. The molecule has 7 nitrogen and oxygen atoms in total. The van der Waals surface area contributed by atoms with Gasteiger partial charge >= 0.3 is 8.60 Å². The number of nitrogens with zero attached hydrogens (tertiary/aromatic N) is 1. The first-order valence-corrected chi connectivity index (χ1v) is 18.0. The number of ether oxygens (including phenoxy) is 1. The minimum Gasteiger partial charge on any atom is -0.381 e. The van der Waals surface area contributed by atoms with Crippen molar-refractivity contribution in [2.75, 3.05) is 73.5 Å². The van der Waals surface area contributed by atoms with Gasteiger partial charge in [0.1, 0.15) is 13.2 Å². The number of hydrogen-bond acceptors (Lipinski definition) is 6. The van der Waals surface area contributed by atoms with Crippen LogP contribution >= 0.6 is 17.0 Å². The van der Waals surface area contributed by atoms with Gasteiger partial charge in [0.15, 0.2) is 8.38 Å². The maximum Gasteiger partial charge on any atom is 0.330 e. The van der Waals surface area contributed by atoms with E-state index >= 15 is 0 Å². The van der Waals surface area contributed by atoms with E-state index < -0.39 is 17.0 Å². The predicted octanol–water partition coefficient (Wildman–Crippen LogP) is 8.44. The van der Waals surface area contributed by atoms with Crippen molar-refractivity contribution in [3.8, 4) is 0 Å². The van der Waals surface area contributed by atoms with Crippen molar-refractivity contribution in [1.29, 1.82) is 0 Å². The van der Waals surface area contributed by atoms with Crippen LogP contribution in [0.3, 0.4) is 0 Å². The summed E-state index contributed by atoms with van der Waals surface area (Å²) in [6, 6.07) is 0. The van der Waals surface area contributed by atoms with E-state index in [9.17, 15) is 4.89 Å². The van der Waals surface area contributed by atoms with E-state index in [1.54, 1.807) is 0 Å². The van der Waals surface area contributed by atoms with Gasteiger partial charge in [-0.3, -0.25) is 0 Å². The van der Waals surface area contributed by atoms with Gasteiger partial charge in [-0.2, -0.15) is 0 Å². The van der Waals surface area contributed by atoms with Gasteiger partial charge in [0.25, 0.3) is 0 Å². The average Bonchev–Trinajstić information content (AvgIpc) is 2.86. The van der Waals surface area contributed by atoms with Gasteiger partial charge < -0.3 is 32.2 Å². The molecule has 0 aromatic carbocycles. The van der Waals surface area contributed by atoms with Crippen LogP contribution in [0.2, 0.25) is 0 Å². The molecule has 2 unspecified atom stereocenters. The van der Waals surface area contributed by atoms with E-state index in [0.29, 0.717) is 33.0 Å². The molecule has 0 aliphatic carbocycles. The Bertz CT molecular complexity index is 478.